The maximum atomic E-state index is 12.6. The molecule has 1 heterocycles. The third-order valence-electron chi connectivity index (χ3n) is 3.72. The van der Waals surface area contributed by atoms with Gasteiger partial charge in [0.05, 0.1) is 0 Å². The zero-order valence-corrected chi connectivity index (χ0v) is 13.5. The number of nitrogens with zero attached hydrogens (tertiary/aromatic N) is 1. The van der Waals surface area contributed by atoms with Crippen molar-refractivity contribution in [3.63, 3.8) is 0 Å². The normalized spacial score (nSPS) is 18.5. The van der Waals surface area contributed by atoms with E-state index in [9.17, 15) is 4.79 Å². The van der Waals surface area contributed by atoms with Crippen molar-refractivity contribution >= 4 is 30.1 Å². The average Bonchev–Trinajstić information content (AvgIpc) is 2.47. The molecule has 1 amide bonds. The minimum absolute atomic E-state index is 0. The molecule has 1 unspecified atom stereocenters. The fourth-order valence-corrected chi connectivity index (χ4v) is 3.07. The van der Waals surface area contributed by atoms with E-state index in [0.29, 0.717) is 12.6 Å². The Bertz CT molecular complexity index is 422. The summed E-state index contributed by atoms with van der Waals surface area (Å²) < 4.78 is 0. The van der Waals surface area contributed by atoms with Crippen LogP contribution in [-0.2, 0) is 0 Å². The van der Waals surface area contributed by atoms with Gasteiger partial charge in [-0.2, -0.15) is 0 Å². The number of thioether (sulfide) groups is 1. The zero-order valence-electron chi connectivity index (χ0n) is 11.9. The molecule has 1 aromatic carbocycles. The highest BCUT2D eigenvalue weighted by Crippen LogP contribution is 2.22. The fraction of sp³-hybridized carbons (Fsp3) is 0.533. The van der Waals surface area contributed by atoms with Gasteiger partial charge in [-0.1, -0.05) is 0 Å². The number of benzene rings is 1. The number of piperidine rings is 1. The number of likely N-dealkylation sites (tertiary alicyclic amines) is 1. The van der Waals surface area contributed by atoms with E-state index in [1.54, 1.807) is 11.8 Å². The van der Waals surface area contributed by atoms with Crippen LogP contribution in [-0.4, -0.2) is 36.2 Å². The quantitative estimate of drug-likeness (QED) is 0.868. The number of hydrogen-bond acceptors (Lipinski definition) is 3. The summed E-state index contributed by atoms with van der Waals surface area (Å²) in [4.78, 5) is 15.8. The van der Waals surface area contributed by atoms with E-state index in [1.807, 2.05) is 35.4 Å². The first kappa shape index (κ1) is 17.3. The average molecular weight is 315 g/mol. The van der Waals surface area contributed by atoms with Gasteiger partial charge < -0.3 is 10.6 Å². The lowest BCUT2D eigenvalue weighted by molar-refractivity contribution is 0.0605. The number of rotatable bonds is 4. The Hall–Kier alpha value is -0.710. The van der Waals surface area contributed by atoms with Gasteiger partial charge in [0.2, 0.25) is 0 Å². The van der Waals surface area contributed by atoms with Gasteiger partial charge >= 0.3 is 0 Å². The van der Waals surface area contributed by atoms with Crippen molar-refractivity contribution in [3.05, 3.63) is 29.8 Å². The van der Waals surface area contributed by atoms with E-state index in [4.69, 9.17) is 5.73 Å². The Balaban J connectivity index is 0.00000200. The van der Waals surface area contributed by atoms with Gasteiger partial charge in [-0.25, -0.2) is 0 Å². The van der Waals surface area contributed by atoms with Crippen LogP contribution in [0.5, 0.6) is 0 Å². The summed E-state index contributed by atoms with van der Waals surface area (Å²) in [6.45, 7) is 1.52. The van der Waals surface area contributed by atoms with Gasteiger partial charge in [0.1, 0.15) is 0 Å². The van der Waals surface area contributed by atoms with Gasteiger partial charge in [0.25, 0.3) is 5.91 Å². The minimum atomic E-state index is 0. The molecule has 1 aliphatic rings. The van der Waals surface area contributed by atoms with Gasteiger partial charge in [-0.05, 0) is 62.7 Å². The van der Waals surface area contributed by atoms with Gasteiger partial charge in [-0.15, -0.1) is 24.2 Å². The number of halogens is 1. The van der Waals surface area contributed by atoms with E-state index >= 15 is 0 Å². The molecular formula is C15H23ClN2OS. The molecule has 2 rings (SSSR count). The van der Waals surface area contributed by atoms with Gasteiger partial charge in [0, 0.05) is 23.0 Å². The highest BCUT2D eigenvalue weighted by molar-refractivity contribution is 7.98. The summed E-state index contributed by atoms with van der Waals surface area (Å²) in [5.74, 6) is 0.158. The van der Waals surface area contributed by atoms with Crippen LogP contribution in [0.25, 0.3) is 0 Å². The number of carbonyl (C=O) groups is 1. The monoisotopic (exact) mass is 314 g/mol. The lowest BCUT2D eigenvalue weighted by atomic mass is 9.98. The van der Waals surface area contributed by atoms with Crippen LogP contribution in [0.4, 0.5) is 0 Å². The molecule has 0 spiro atoms. The summed E-state index contributed by atoms with van der Waals surface area (Å²) in [6, 6.07) is 8.22. The molecule has 1 fully saturated rings. The second-order valence-corrected chi connectivity index (χ2v) is 5.83. The van der Waals surface area contributed by atoms with Crippen molar-refractivity contribution in [1.82, 2.24) is 4.90 Å². The van der Waals surface area contributed by atoms with E-state index in [-0.39, 0.29) is 18.3 Å². The van der Waals surface area contributed by atoms with E-state index in [0.717, 1.165) is 31.4 Å². The van der Waals surface area contributed by atoms with Gasteiger partial charge in [-0.3, -0.25) is 4.79 Å². The summed E-state index contributed by atoms with van der Waals surface area (Å²) in [7, 11) is 0. The maximum Gasteiger partial charge on any atom is 0.254 e. The zero-order chi connectivity index (χ0) is 13.7. The predicted octanol–water partition coefficient (Wildman–Crippen LogP) is 3.17. The van der Waals surface area contributed by atoms with Crippen LogP contribution in [0.3, 0.4) is 0 Å². The molecule has 20 heavy (non-hydrogen) atoms. The summed E-state index contributed by atoms with van der Waals surface area (Å²) >= 11 is 1.69. The third kappa shape index (κ3) is 4.14. The van der Waals surface area contributed by atoms with E-state index in [1.165, 1.54) is 11.3 Å². The van der Waals surface area contributed by atoms with Crippen LogP contribution >= 0.6 is 24.2 Å². The molecule has 2 N–H and O–H groups in total. The standard InChI is InChI=1S/C15H22N2OS.ClH/c1-19-14-7-5-12(6-8-14)15(18)17-11-3-2-4-13(17)9-10-16;/h5-8,13H,2-4,9-11,16H2,1H3;1H. The minimum Gasteiger partial charge on any atom is -0.336 e. The molecule has 3 nitrogen and oxygen atoms in total. The Morgan fingerprint density at radius 2 is 2.05 bits per heavy atom. The van der Waals surface area contributed by atoms with Gasteiger partial charge in [0.15, 0.2) is 0 Å². The fourth-order valence-electron chi connectivity index (χ4n) is 2.66. The Kier molecular flexibility index (Phi) is 7.41. The van der Waals surface area contributed by atoms with Crippen molar-refractivity contribution < 1.29 is 4.79 Å². The Morgan fingerprint density at radius 3 is 2.65 bits per heavy atom. The Labute approximate surface area is 131 Å². The number of carbonyl (C=O) groups excluding carboxylic acids is 1. The first-order valence-corrected chi connectivity index (χ1v) is 8.14. The number of nitrogens with two attached hydrogens (primary N) is 1. The van der Waals surface area contributed by atoms with Crippen LogP contribution in [0, 0.1) is 0 Å². The first-order chi connectivity index (χ1) is 9.26. The molecule has 0 aromatic heterocycles. The molecule has 1 aliphatic heterocycles. The number of amides is 1. The summed E-state index contributed by atoms with van der Waals surface area (Å²) in [6.07, 6.45) is 6.36. The molecule has 0 saturated carbocycles. The highest BCUT2D eigenvalue weighted by Gasteiger charge is 2.26. The van der Waals surface area contributed by atoms with E-state index in [2.05, 4.69) is 0 Å². The smallest absolute Gasteiger partial charge is 0.254 e. The molecule has 1 saturated heterocycles. The molecule has 112 valence electrons. The molecule has 1 atom stereocenters. The summed E-state index contributed by atoms with van der Waals surface area (Å²) in [5, 5.41) is 0. The lowest BCUT2D eigenvalue weighted by Gasteiger charge is -2.35. The Morgan fingerprint density at radius 1 is 1.35 bits per heavy atom. The molecular weight excluding hydrogens is 292 g/mol. The molecule has 0 aliphatic carbocycles. The van der Waals surface area contributed by atoms with Crippen LogP contribution < -0.4 is 5.73 Å². The van der Waals surface area contributed by atoms with Crippen LogP contribution in [0.2, 0.25) is 0 Å². The molecule has 1 aromatic rings. The van der Waals surface area contributed by atoms with Crippen LogP contribution in [0.1, 0.15) is 36.0 Å². The van der Waals surface area contributed by atoms with Crippen molar-refractivity contribution in [1.29, 1.82) is 0 Å². The lowest BCUT2D eigenvalue weighted by Crippen LogP contribution is -2.44. The molecule has 5 heteroatoms. The second-order valence-electron chi connectivity index (χ2n) is 4.95. The topological polar surface area (TPSA) is 46.3 Å². The largest absolute Gasteiger partial charge is 0.336 e. The van der Waals surface area contributed by atoms with Crippen molar-refractivity contribution in [2.75, 3.05) is 19.3 Å². The third-order valence-corrected chi connectivity index (χ3v) is 4.47. The van der Waals surface area contributed by atoms with Crippen LogP contribution in [0.15, 0.2) is 29.2 Å². The second kappa shape index (κ2) is 8.55. The first-order valence-electron chi connectivity index (χ1n) is 6.91. The highest BCUT2D eigenvalue weighted by atomic mass is 35.5. The van der Waals surface area contributed by atoms with Crippen molar-refractivity contribution in [2.24, 2.45) is 5.73 Å². The maximum absolute atomic E-state index is 12.6. The summed E-state index contributed by atoms with van der Waals surface area (Å²) in [5.41, 5.74) is 6.45. The predicted molar refractivity (Wildman–Crippen MR) is 87.8 cm³/mol. The van der Waals surface area contributed by atoms with Crippen molar-refractivity contribution in [2.45, 2.75) is 36.6 Å². The molecule has 0 radical (unpaired) electrons. The van der Waals surface area contributed by atoms with Crippen molar-refractivity contribution in [3.8, 4) is 0 Å². The van der Waals surface area contributed by atoms with E-state index < -0.39 is 0 Å². The molecule has 0 bridgehead atoms. The SMILES string of the molecule is CSc1ccc(C(=O)N2CCCCC2CCN)cc1.Cl. The number of hydrogen-bond donors (Lipinski definition) is 1.